The van der Waals surface area contributed by atoms with Crippen molar-refractivity contribution in [3.63, 3.8) is 0 Å². The molecule has 2 aromatic carbocycles. The molecule has 0 bridgehead atoms. The van der Waals surface area contributed by atoms with Crippen molar-refractivity contribution in [2.75, 3.05) is 27.2 Å². The molecule has 2 atom stereocenters. The predicted molar refractivity (Wildman–Crippen MR) is 84.3 cm³/mol. The molecule has 0 aromatic heterocycles. The Hall–Kier alpha value is -1.87. The van der Waals surface area contributed by atoms with Gasteiger partial charge in [0.15, 0.2) is 0 Å². The molecule has 0 unspecified atom stereocenters. The van der Waals surface area contributed by atoms with E-state index < -0.39 is 0 Å². The highest BCUT2D eigenvalue weighted by Gasteiger charge is 2.34. The van der Waals surface area contributed by atoms with Crippen molar-refractivity contribution >= 4 is 16.7 Å². The molecule has 3 rings (SSSR count). The highest BCUT2D eigenvalue weighted by molar-refractivity contribution is 5.83. The zero-order valence-electron chi connectivity index (χ0n) is 12.6. The number of rotatable bonds is 2. The standard InChI is InChI=1S/C18H21NO2/c1-19-10-9-16(17(12-19)18(20)21-2)15-8-7-13-5-3-4-6-14(13)11-15/h3-8,11,16-17H,9-10,12H2,1-2H3/t16-,17-/m1/s1. The van der Waals surface area contributed by atoms with Crippen LogP contribution in [0.3, 0.4) is 0 Å². The molecular weight excluding hydrogens is 262 g/mol. The van der Waals surface area contributed by atoms with Gasteiger partial charge in [-0.1, -0.05) is 42.5 Å². The number of carbonyl (C=O) groups is 1. The lowest BCUT2D eigenvalue weighted by Crippen LogP contribution is -2.41. The monoisotopic (exact) mass is 283 g/mol. The topological polar surface area (TPSA) is 29.5 Å². The van der Waals surface area contributed by atoms with Gasteiger partial charge < -0.3 is 9.64 Å². The number of ether oxygens (including phenoxy) is 1. The third kappa shape index (κ3) is 2.79. The van der Waals surface area contributed by atoms with E-state index in [4.69, 9.17) is 4.74 Å². The second-order valence-electron chi connectivity index (χ2n) is 5.89. The minimum Gasteiger partial charge on any atom is -0.469 e. The normalized spacial score (nSPS) is 23.1. The number of hydrogen-bond donors (Lipinski definition) is 0. The van der Waals surface area contributed by atoms with Crippen molar-refractivity contribution in [1.82, 2.24) is 4.90 Å². The number of nitrogens with zero attached hydrogens (tertiary/aromatic N) is 1. The lowest BCUT2D eigenvalue weighted by molar-refractivity contribution is -0.148. The molecule has 0 saturated carbocycles. The van der Waals surface area contributed by atoms with E-state index in [-0.39, 0.29) is 17.8 Å². The van der Waals surface area contributed by atoms with E-state index in [2.05, 4.69) is 54.4 Å². The summed E-state index contributed by atoms with van der Waals surface area (Å²) in [6.45, 7) is 1.79. The highest BCUT2D eigenvalue weighted by atomic mass is 16.5. The number of esters is 1. The molecule has 0 spiro atoms. The molecule has 1 aliphatic heterocycles. The Kier molecular flexibility index (Phi) is 3.93. The zero-order chi connectivity index (χ0) is 14.8. The Labute approximate surface area is 125 Å². The largest absolute Gasteiger partial charge is 0.469 e. The molecule has 0 N–H and O–H groups in total. The Morgan fingerprint density at radius 3 is 2.71 bits per heavy atom. The fourth-order valence-corrected chi connectivity index (χ4v) is 3.34. The summed E-state index contributed by atoms with van der Waals surface area (Å²) in [5.41, 5.74) is 1.25. The minimum atomic E-state index is -0.0975. The van der Waals surface area contributed by atoms with Gasteiger partial charge in [0.2, 0.25) is 0 Å². The van der Waals surface area contributed by atoms with Crippen molar-refractivity contribution in [3.8, 4) is 0 Å². The number of piperidine rings is 1. The van der Waals surface area contributed by atoms with Gasteiger partial charge in [-0.25, -0.2) is 0 Å². The van der Waals surface area contributed by atoms with Crippen LogP contribution < -0.4 is 0 Å². The molecule has 0 amide bonds. The summed E-state index contributed by atoms with van der Waals surface area (Å²) in [4.78, 5) is 14.3. The van der Waals surface area contributed by atoms with Crippen molar-refractivity contribution in [3.05, 3.63) is 48.0 Å². The molecule has 2 aromatic rings. The van der Waals surface area contributed by atoms with E-state index >= 15 is 0 Å². The van der Waals surface area contributed by atoms with Gasteiger partial charge in [-0.05, 0) is 42.3 Å². The maximum absolute atomic E-state index is 12.1. The van der Waals surface area contributed by atoms with Crippen LogP contribution in [-0.4, -0.2) is 38.1 Å². The molecule has 1 aliphatic rings. The van der Waals surface area contributed by atoms with Gasteiger partial charge in [0.05, 0.1) is 13.0 Å². The quantitative estimate of drug-likeness (QED) is 0.793. The fourth-order valence-electron chi connectivity index (χ4n) is 3.34. The summed E-state index contributed by atoms with van der Waals surface area (Å²) < 4.78 is 5.01. The number of hydrogen-bond acceptors (Lipinski definition) is 3. The maximum atomic E-state index is 12.1. The third-order valence-electron chi connectivity index (χ3n) is 4.52. The van der Waals surface area contributed by atoms with Crippen LogP contribution >= 0.6 is 0 Å². The van der Waals surface area contributed by atoms with Crippen LogP contribution in [0.1, 0.15) is 17.9 Å². The summed E-state index contributed by atoms with van der Waals surface area (Å²) in [7, 11) is 3.54. The molecule has 0 aliphatic carbocycles. The van der Waals surface area contributed by atoms with Crippen LogP contribution in [0.15, 0.2) is 42.5 Å². The summed E-state index contributed by atoms with van der Waals surface area (Å²) >= 11 is 0. The lowest BCUT2D eigenvalue weighted by atomic mass is 9.80. The van der Waals surface area contributed by atoms with E-state index in [1.165, 1.54) is 23.4 Å². The average molecular weight is 283 g/mol. The first-order chi connectivity index (χ1) is 10.2. The third-order valence-corrected chi connectivity index (χ3v) is 4.52. The zero-order valence-corrected chi connectivity index (χ0v) is 12.6. The minimum absolute atomic E-state index is 0.0742. The van der Waals surface area contributed by atoms with Gasteiger partial charge in [-0.3, -0.25) is 4.79 Å². The first-order valence-electron chi connectivity index (χ1n) is 7.44. The van der Waals surface area contributed by atoms with Crippen LogP contribution in [0.4, 0.5) is 0 Å². The van der Waals surface area contributed by atoms with E-state index in [0.29, 0.717) is 0 Å². The summed E-state index contributed by atoms with van der Waals surface area (Å²) in [6, 6.07) is 14.9. The summed E-state index contributed by atoms with van der Waals surface area (Å²) in [5.74, 6) is 0.0767. The van der Waals surface area contributed by atoms with Crippen molar-refractivity contribution in [2.45, 2.75) is 12.3 Å². The highest BCUT2D eigenvalue weighted by Crippen LogP contribution is 2.34. The van der Waals surface area contributed by atoms with Crippen molar-refractivity contribution < 1.29 is 9.53 Å². The van der Waals surface area contributed by atoms with Crippen molar-refractivity contribution in [1.29, 1.82) is 0 Å². The number of likely N-dealkylation sites (tertiary alicyclic amines) is 1. The van der Waals surface area contributed by atoms with Gasteiger partial charge in [0, 0.05) is 6.54 Å². The van der Waals surface area contributed by atoms with E-state index in [1.54, 1.807) is 0 Å². The molecule has 0 radical (unpaired) electrons. The SMILES string of the molecule is COC(=O)[C@@H]1CN(C)CC[C@@H]1c1ccc2ccccc2c1. The molecule has 3 nitrogen and oxygen atoms in total. The smallest absolute Gasteiger partial charge is 0.310 e. The van der Waals surface area contributed by atoms with Crippen LogP contribution in [0.2, 0.25) is 0 Å². The van der Waals surface area contributed by atoms with Gasteiger partial charge in [-0.2, -0.15) is 0 Å². The van der Waals surface area contributed by atoms with E-state index in [1.807, 2.05) is 0 Å². The molecule has 1 fully saturated rings. The Morgan fingerprint density at radius 1 is 1.19 bits per heavy atom. The average Bonchev–Trinajstić information content (AvgIpc) is 2.53. The first-order valence-corrected chi connectivity index (χ1v) is 7.44. The lowest BCUT2D eigenvalue weighted by Gasteiger charge is -2.35. The van der Waals surface area contributed by atoms with Crippen LogP contribution in [0.5, 0.6) is 0 Å². The summed E-state index contributed by atoms with van der Waals surface area (Å²) in [5, 5.41) is 2.47. The van der Waals surface area contributed by atoms with Crippen LogP contribution in [0.25, 0.3) is 10.8 Å². The number of benzene rings is 2. The van der Waals surface area contributed by atoms with Gasteiger partial charge in [-0.15, -0.1) is 0 Å². The number of carbonyl (C=O) groups excluding carboxylic acids is 1. The second-order valence-corrected chi connectivity index (χ2v) is 5.89. The van der Waals surface area contributed by atoms with E-state index in [0.717, 1.165) is 19.5 Å². The molecule has 110 valence electrons. The molecule has 3 heteroatoms. The van der Waals surface area contributed by atoms with E-state index in [9.17, 15) is 4.79 Å². The van der Waals surface area contributed by atoms with Crippen LogP contribution in [0, 0.1) is 5.92 Å². The molecule has 1 heterocycles. The first kappa shape index (κ1) is 14.1. The summed E-state index contributed by atoms with van der Waals surface area (Å²) in [6.07, 6.45) is 0.995. The molecule has 1 saturated heterocycles. The van der Waals surface area contributed by atoms with Crippen LogP contribution in [-0.2, 0) is 9.53 Å². The Morgan fingerprint density at radius 2 is 1.95 bits per heavy atom. The van der Waals surface area contributed by atoms with Gasteiger partial charge in [0.1, 0.15) is 0 Å². The fraction of sp³-hybridized carbons (Fsp3) is 0.389. The van der Waals surface area contributed by atoms with Gasteiger partial charge in [0.25, 0.3) is 0 Å². The molecular formula is C18H21NO2. The number of fused-ring (bicyclic) bond motifs is 1. The Bertz CT molecular complexity index is 652. The van der Waals surface area contributed by atoms with Gasteiger partial charge >= 0.3 is 5.97 Å². The molecule has 21 heavy (non-hydrogen) atoms. The predicted octanol–water partition coefficient (Wildman–Crippen LogP) is 3.05. The maximum Gasteiger partial charge on any atom is 0.310 e. The second kappa shape index (κ2) is 5.86. The van der Waals surface area contributed by atoms with Crippen molar-refractivity contribution in [2.24, 2.45) is 5.92 Å². The number of methoxy groups -OCH3 is 1. The Balaban J connectivity index is 1.96.